The molecule has 0 atom stereocenters. The standard InChI is InChI=1S/C11H10N4/c1-2-8-5-11-14-13-7-15(11)10-6-12-4-3-9(8)10/h3-7H,2H2,1H3. The van der Waals surface area contributed by atoms with Gasteiger partial charge in [0.15, 0.2) is 5.65 Å². The first-order valence-electron chi connectivity index (χ1n) is 4.95. The van der Waals surface area contributed by atoms with E-state index in [1.807, 2.05) is 22.9 Å². The second kappa shape index (κ2) is 3.02. The number of fused-ring (bicyclic) bond motifs is 3. The van der Waals surface area contributed by atoms with Crippen molar-refractivity contribution in [3.8, 4) is 0 Å². The summed E-state index contributed by atoms with van der Waals surface area (Å²) < 4.78 is 1.96. The first-order chi connectivity index (χ1) is 7.40. The van der Waals surface area contributed by atoms with Gasteiger partial charge in [-0.15, -0.1) is 10.2 Å². The van der Waals surface area contributed by atoms with Crippen molar-refractivity contribution >= 4 is 16.6 Å². The molecule has 4 nitrogen and oxygen atoms in total. The molecule has 0 spiro atoms. The third-order valence-corrected chi connectivity index (χ3v) is 2.66. The second-order valence-electron chi connectivity index (χ2n) is 3.48. The predicted octanol–water partition coefficient (Wildman–Crippen LogP) is 1.84. The van der Waals surface area contributed by atoms with Gasteiger partial charge in [0.1, 0.15) is 6.33 Å². The highest BCUT2D eigenvalue weighted by atomic mass is 15.2. The van der Waals surface area contributed by atoms with E-state index in [0.717, 1.165) is 17.6 Å². The molecular weight excluding hydrogens is 188 g/mol. The molecule has 0 N–H and O–H groups in total. The van der Waals surface area contributed by atoms with Crippen molar-refractivity contribution in [1.82, 2.24) is 19.6 Å². The zero-order valence-corrected chi connectivity index (χ0v) is 8.38. The molecule has 3 rings (SSSR count). The Bertz CT molecular complexity index is 627. The third-order valence-electron chi connectivity index (χ3n) is 2.66. The normalized spacial score (nSPS) is 11.3. The van der Waals surface area contributed by atoms with Crippen molar-refractivity contribution in [2.75, 3.05) is 0 Å². The van der Waals surface area contributed by atoms with E-state index < -0.39 is 0 Å². The van der Waals surface area contributed by atoms with Gasteiger partial charge in [-0.2, -0.15) is 0 Å². The molecule has 4 heteroatoms. The van der Waals surface area contributed by atoms with E-state index in [1.54, 1.807) is 6.33 Å². The first-order valence-corrected chi connectivity index (χ1v) is 4.95. The summed E-state index contributed by atoms with van der Waals surface area (Å²) in [6.07, 6.45) is 6.38. The maximum Gasteiger partial charge on any atom is 0.161 e. The highest BCUT2D eigenvalue weighted by Crippen LogP contribution is 2.20. The van der Waals surface area contributed by atoms with Crippen LogP contribution in [-0.2, 0) is 6.42 Å². The second-order valence-corrected chi connectivity index (χ2v) is 3.48. The van der Waals surface area contributed by atoms with Crippen LogP contribution in [0, 0.1) is 0 Å². The van der Waals surface area contributed by atoms with Crippen molar-refractivity contribution in [3.05, 3.63) is 36.4 Å². The smallest absolute Gasteiger partial charge is 0.161 e. The summed E-state index contributed by atoms with van der Waals surface area (Å²) in [5.74, 6) is 0. The van der Waals surface area contributed by atoms with E-state index in [0.29, 0.717) is 0 Å². The summed E-state index contributed by atoms with van der Waals surface area (Å²) in [5.41, 5.74) is 3.23. The molecule has 0 aliphatic rings. The minimum atomic E-state index is 0.882. The Morgan fingerprint density at radius 2 is 2.33 bits per heavy atom. The van der Waals surface area contributed by atoms with Crippen LogP contribution < -0.4 is 0 Å². The highest BCUT2D eigenvalue weighted by Gasteiger charge is 2.05. The molecule has 0 amide bonds. The van der Waals surface area contributed by atoms with Crippen LogP contribution in [0.25, 0.3) is 16.6 Å². The minimum absolute atomic E-state index is 0.882. The number of pyridine rings is 2. The average molecular weight is 198 g/mol. The Morgan fingerprint density at radius 1 is 1.40 bits per heavy atom. The van der Waals surface area contributed by atoms with Crippen LogP contribution in [0.5, 0.6) is 0 Å². The molecule has 15 heavy (non-hydrogen) atoms. The fourth-order valence-corrected chi connectivity index (χ4v) is 1.90. The van der Waals surface area contributed by atoms with E-state index in [4.69, 9.17) is 0 Å². The van der Waals surface area contributed by atoms with Crippen LogP contribution in [-0.4, -0.2) is 19.6 Å². The number of rotatable bonds is 1. The molecule has 74 valence electrons. The third kappa shape index (κ3) is 1.11. The first kappa shape index (κ1) is 8.35. The molecule has 0 aliphatic carbocycles. The Kier molecular flexibility index (Phi) is 1.68. The molecule has 3 heterocycles. The summed E-state index contributed by atoms with van der Waals surface area (Å²) in [6.45, 7) is 2.14. The van der Waals surface area contributed by atoms with Gasteiger partial charge >= 0.3 is 0 Å². The summed E-state index contributed by atoms with van der Waals surface area (Å²) in [5, 5.41) is 9.20. The molecule has 3 aromatic rings. The lowest BCUT2D eigenvalue weighted by Gasteiger charge is -2.05. The lowest BCUT2D eigenvalue weighted by atomic mass is 10.1. The fourth-order valence-electron chi connectivity index (χ4n) is 1.90. The molecular formula is C11H10N4. The fraction of sp³-hybridized carbons (Fsp3) is 0.182. The van der Waals surface area contributed by atoms with Gasteiger partial charge in [0, 0.05) is 11.6 Å². The molecule has 0 bridgehead atoms. The lowest BCUT2D eigenvalue weighted by Crippen LogP contribution is -1.92. The van der Waals surface area contributed by atoms with Crippen LogP contribution in [0.15, 0.2) is 30.9 Å². The summed E-state index contributed by atoms with van der Waals surface area (Å²) in [4.78, 5) is 4.14. The maximum absolute atomic E-state index is 4.14. The lowest BCUT2D eigenvalue weighted by molar-refractivity contribution is 1.11. The van der Waals surface area contributed by atoms with Gasteiger partial charge in [-0.1, -0.05) is 6.92 Å². The molecule has 0 radical (unpaired) electrons. The van der Waals surface area contributed by atoms with Gasteiger partial charge in [0.25, 0.3) is 0 Å². The molecule has 0 fully saturated rings. The van der Waals surface area contributed by atoms with E-state index in [2.05, 4.69) is 28.2 Å². The zero-order chi connectivity index (χ0) is 10.3. The maximum atomic E-state index is 4.14. The van der Waals surface area contributed by atoms with E-state index in [-0.39, 0.29) is 0 Å². The van der Waals surface area contributed by atoms with Gasteiger partial charge in [0.2, 0.25) is 0 Å². The van der Waals surface area contributed by atoms with Crippen LogP contribution in [0.2, 0.25) is 0 Å². The van der Waals surface area contributed by atoms with Gasteiger partial charge in [-0.05, 0) is 24.1 Å². The van der Waals surface area contributed by atoms with Crippen molar-refractivity contribution in [2.24, 2.45) is 0 Å². The largest absolute Gasteiger partial charge is 0.280 e. The molecule has 0 aliphatic heterocycles. The average Bonchev–Trinajstić information content (AvgIpc) is 2.76. The number of aromatic nitrogens is 4. The number of aryl methyl sites for hydroxylation is 1. The quantitative estimate of drug-likeness (QED) is 0.599. The SMILES string of the molecule is CCc1cc2nncn2c2cnccc12. The van der Waals surface area contributed by atoms with Gasteiger partial charge in [0.05, 0.1) is 11.7 Å². The number of hydrogen-bond donors (Lipinski definition) is 0. The van der Waals surface area contributed by atoms with Crippen molar-refractivity contribution in [2.45, 2.75) is 13.3 Å². The zero-order valence-electron chi connectivity index (χ0n) is 8.38. The van der Waals surface area contributed by atoms with E-state index in [9.17, 15) is 0 Å². The van der Waals surface area contributed by atoms with Crippen LogP contribution >= 0.6 is 0 Å². The van der Waals surface area contributed by atoms with Gasteiger partial charge < -0.3 is 0 Å². The van der Waals surface area contributed by atoms with Crippen molar-refractivity contribution in [1.29, 1.82) is 0 Å². The minimum Gasteiger partial charge on any atom is -0.280 e. The molecule has 0 saturated carbocycles. The molecule has 0 unspecified atom stereocenters. The Labute approximate surface area is 86.6 Å². The van der Waals surface area contributed by atoms with Crippen LogP contribution in [0.1, 0.15) is 12.5 Å². The van der Waals surface area contributed by atoms with Gasteiger partial charge in [-0.25, -0.2) is 0 Å². The van der Waals surface area contributed by atoms with Gasteiger partial charge in [-0.3, -0.25) is 9.38 Å². The highest BCUT2D eigenvalue weighted by molar-refractivity contribution is 5.84. The molecule has 3 aromatic heterocycles. The Hall–Kier alpha value is -1.97. The topological polar surface area (TPSA) is 43.1 Å². The van der Waals surface area contributed by atoms with Crippen LogP contribution in [0.3, 0.4) is 0 Å². The predicted molar refractivity (Wildman–Crippen MR) is 57.7 cm³/mol. The Balaban J connectivity index is 2.58. The number of nitrogens with zero attached hydrogens (tertiary/aromatic N) is 4. The van der Waals surface area contributed by atoms with Crippen molar-refractivity contribution < 1.29 is 0 Å². The number of hydrogen-bond acceptors (Lipinski definition) is 3. The summed E-state index contributed by atoms with van der Waals surface area (Å²) in [6, 6.07) is 4.11. The summed E-state index contributed by atoms with van der Waals surface area (Å²) >= 11 is 0. The monoisotopic (exact) mass is 198 g/mol. The molecule has 0 saturated heterocycles. The van der Waals surface area contributed by atoms with E-state index in [1.165, 1.54) is 10.9 Å². The van der Waals surface area contributed by atoms with E-state index >= 15 is 0 Å². The molecule has 0 aromatic carbocycles. The summed E-state index contributed by atoms with van der Waals surface area (Å²) in [7, 11) is 0. The van der Waals surface area contributed by atoms with Crippen LogP contribution in [0.4, 0.5) is 0 Å². The Morgan fingerprint density at radius 3 is 3.20 bits per heavy atom. The van der Waals surface area contributed by atoms with Crippen molar-refractivity contribution in [3.63, 3.8) is 0 Å².